The third-order valence-electron chi connectivity index (χ3n) is 4.02. The molecule has 1 unspecified atom stereocenters. The predicted octanol–water partition coefficient (Wildman–Crippen LogP) is 4.55. The molecule has 0 aliphatic carbocycles. The van der Waals surface area contributed by atoms with Crippen LogP contribution in [0.3, 0.4) is 0 Å². The van der Waals surface area contributed by atoms with Crippen LogP contribution in [0.15, 0.2) is 51.8 Å². The van der Waals surface area contributed by atoms with Gasteiger partial charge >= 0.3 is 5.97 Å². The van der Waals surface area contributed by atoms with Crippen molar-refractivity contribution in [3.8, 4) is 11.5 Å². The highest BCUT2D eigenvalue weighted by molar-refractivity contribution is 9.10. The number of halogens is 1. The SMILES string of the molecule is COc1cc(/C=C2/SC(=O)N(c3ccccc3Br)C2=O)ccc1OC(C)C(=O)O. The van der Waals surface area contributed by atoms with Gasteiger partial charge in [0.2, 0.25) is 0 Å². The van der Waals surface area contributed by atoms with Crippen molar-refractivity contribution >= 4 is 56.6 Å². The zero-order chi connectivity index (χ0) is 21.1. The molecule has 2 aromatic rings. The molecule has 0 radical (unpaired) electrons. The number of carbonyl (C=O) groups is 3. The van der Waals surface area contributed by atoms with Gasteiger partial charge in [-0.05, 0) is 70.5 Å². The van der Waals surface area contributed by atoms with Crippen LogP contribution in [0.5, 0.6) is 11.5 Å². The van der Waals surface area contributed by atoms with E-state index in [1.807, 2.05) is 0 Å². The first-order chi connectivity index (χ1) is 13.8. The average molecular weight is 478 g/mol. The number of para-hydroxylation sites is 1. The Balaban J connectivity index is 1.88. The van der Waals surface area contributed by atoms with E-state index in [-0.39, 0.29) is 10.7 Å². The van der Waals surface area contributed by atoms with Crippen LogP contribution < -0.4 is 14.4 Å². The van der Waals surface area contributed by atoms with Crippen molar-refractivity contribution in [2.24, 2.45) is 0 Å². The highest BCUT2D eigenvalue weighted by Gasteiger charge is 2.37. The first-order valence-corrected chi connectivity index (χ1v) is 10.0. The summed E-state index contributed by atoms with van der Waals surface area (Å²) in [6.07, 6.45) is 0.532. The van der Waals surface area contributed by atoms with E-state index in [4.69, 9.17) is 14.6 Å². The lowest BCUT2D eigenvalue weighted by molar-refractivity contribution is -0.144. The van der Waals surface area contributed by atoms with E-state index in [0.717, 1.165) is 16.7 Å². The molecule has 9 heteroatoms. The van der Waals surface area contributed by atoms with Crippen LogP contribution in [-0.4, -0.2) is 35.4 Å². The Morgan fingerprint density at radius 2 is 1.93 bits per heavy atom. The van der Waals surface area contributed by atoms with Crippen LogP contribution in [0, 0.1) is 0 Å². The molecule has 0 aromatic heterocycles. The number of benzene rings is 2. The van der Waals surface area contributed by atoms with Crippen LogP contribution >= 0.6 is 27.7 Å². The summed E-state index contributed by atoms with van der Waals surface area (Å²) in [7, 11) is 1.43. The maximum Gasteiger partial charge on any atom is 0.344 e. The minimum absolute atomic E-state index is 0.264. The van der Waals surface area contributed by atoms with Crippen molar-refractivity contribution < 1.29 is 29.0 Å². The summed E-state index contributed by atoms with van der Waals surface area (Å²) < 4.78 is 11.3. The normalized spacial score (nSPS) is 16.2. The number of methoxy groups -OCH3 is 1. The van der Waals surface area contributed by atoms with E-state index in [0.29, 0.717) is 21.5 Å². The summed E-state index contributed by atoms with van der Waals surface area (Å²) in [6.45, 7) is 1.41. The molecule has 0 saturated carbocycles. The maximum absolute atomic E-state index is 12.8. The minimum atomic E-state index is -1.10. The Morgan fingerprint density at radius 3 is 2.59 bits per heavy atom. The second kappa shape index (κ2) is 8.71. The van der Waals surface area contributed by atoms with Gasteiger partial charge in [-0.3, -0.25) is 9.59 Å². The molecule has 0 bridgehead atoms. The van der Waals surface area contributed by atoms with E-state index >= 15 is 0 Å². The van der Waals surface area contributed by atoms with Crippen molar-refractivity contribution in [3.63, 3.8) is 0 Å². The molecule has 2 amide bonds. The second-order valence-electron chi connectivity index (χ2n) is 5.98. The molecule has 1 saturated heterocycles. The molecule has 150 valence electrons. The van der Waals surface area contributed by atoms with E-state index < -0.39 is 23.2 Å². The minimum Gasteiger partial charge on any atom is -0.493 e. The van der Waals surface area contributed by atoms with Crippen molar-refractivity contribution in [1.82, 2.24) is 0 Å². The first-order valence-electron chi connectivity index (χ1n) is 8.41. The molecular formula is C20H16BrNO6S. The standard InChI is InChI=1S/C20H16BrNO6S/c1-11(19(24)25)28-15-8-7-12(9-16(15)27-2)10-17-18(23)22(20(26)29-17)14-6-4-3-5-13(14)21/h3-11H,1-2H3,(H,24,25)/b17-10+. The number of aliphatic carboxylic acids is 1. The summed E-state index contributed by atoms with van der Waals surface area (Å²) in [4.78, 5) is 37.6. The monoisotopic (exact) mass is 477 g/mol. The third-order valence-corrected chi connectivity index (χ3v) is 5.56. The topological polar surface area (TPSA) is 93.1 Å². The lowest BCUT2D eigenvalue weighted by Gasteiger charge is -2.14. The van der Waals surface area contributed by atoms with E-state index in [1.165, 1.54) is 14.0 Å². The molecule has 1 aliphatic heterocycles. The Labute approximate surface area is 179 Å². The zero-order valence-electron chi connectivity index (χ0n) is 15.4. The van der Waals surface area contributed by atoms with Gasteiger partial charge in [0, 0.05) is 4.47 Å². The summed E-state index contributed by atoms with van der Waals surface area (Å²) in [5.41, 5.74) is 1.08. The number of rotatable bonds is 6. The average Bonchev–Trinajstić information content (AvgIpc) is 2.96. The maximum atomic E-state index is 12.8. The van der Waals surface area contributed by atoms with Crippen LogP contribution in [0.1, 0.15) is 12.5 Å². The molecule has 3 rings (SSSR count). The predicted molar refractivity (Wildman–Crippen MR) is 113 cm³/mol. The van der Waals surface area contributed by atoms with Gasteiger partial charge < -0.3 is 14.6 Å². The van der Waals surface area contributed by atoms with Gasteiger partial charge in [-0.25, -0.2) is 9.69 Å². The highest BCUT2D eigenvalue weighted by atomic mass is 79.9. The van der Waals surface area contributed by atoms with E-state index in [9.17, 15) is 14.4 Å². The number of amides is 2. The van der Waals surface area contributed by atoms with Crippen LogP contribution in [0.25, 0.3) is 6.08 Å². The molecule has 0 spiro atoms. The summed E-state index contributed by atoms with van der Waals surface area (Å²) >= 11 is 4.20. The number of carboxylic acid groups (broad SMARTS) is 1. The lowest BCUT2D eigenvalue weighted by Crippen LogP contribution is -2.27. The zero-order valence-corrected chi connectivity index (χ0v) is 17.8. The molecule has 1 aliphatic rings. The summed E-state index contributed by atoms with van der Waals surface area (Å²) in [5.74, 6) is -0.944. The van der Waals surface area contributed by atoms with Crippen molar-refractivity contribution in [2.45, 2.75) is 13.0 Å². The van der Waals surface area contributed by atoms with Crippen LogP contribution in [0.2, 0.25) is 0 Å². The smallest absolute Gasteiger partial charge is 0.344 e. The van der Waals surface area contributed by atoms with Gasteiger partial charge in [-0.1, -0.05) is 18.2 Å². The van der Waals surface area contributed by atoms with Crippen molar-refractivity contribution in [2.75, 3.05) is 12.0 Å². The fourth-order valence-electron chi connectivity index (χ4n) is 2.57. The van der Waals surface area contributed by atoms with E-state index in [2.05, 4.69) is 15.9 Å². The Morgan fingerprint density at radius 1 is 1.21 bits per heavy atom. The Kier molecular flexibility index (Phi) is 6.29. The molecule has 1 atom stereocenters. The lowest BCUT2D eigenvalue weighted by atomic mass is 10.1. The third kappa shape index (κ3) is 4.46. The number of nitrogens with zero attached hydrogens (tertiary/aromatic N) is 1. The van der Waals surface area contributed by atoms with Crippen molar-refractivity contribution in [1.29, 1.82) is 0 Å². The van der Waals surface area contributed by atoms with Gasteiger partial charge in [-0.2, -0.15) is 0 Å². The molecule has 2 aromatic carbocycles. The molecule has 1 N–H and O–H groups in total. The largest absolute Gasteiger partial charge is 0.493 e. The fraction of sp³-hybridized carbons (Fsp3) is 0.150. The summed E-state index contributed by atoms with van der Waals surface area (Å²) in [6, 6.07) is 11.8. The number of imide groups is 1. The van der Waals surface area contributed by atoms with Gasteiger partial charge in [0.25, 0.3) is 11.1 Å². The number of hydrogen-bond acceptors (Lipinski definition) is 6. The first kappa shape index (κ1) is 20.9. The van der Waals surface area contributed by atoms with Gasteiger partial charge in [0.1, 0.15) is 0 Å². The number of thioether (sulfide) groups is 1. The number of anilines is 1. The molecule has 1 heterocycles. The second-order valence-corrected chi connectivity index (χ2v) is 7.82. The number of hydrogen-bond donors (Lipinski definition) is 1. The molecule has 29 heavy (non-hydrogen) atoms. The Bertz CT molecular complexity index is 1020. The van der Waals surface area contributed by atoms with Gasteiger partial charge in [0.15, 0.2) is 17.6 Å². The molecular weight excluding hydrogens is 462 g/mol. The van der Waals surface area contributed by atoms with Gasteiger partial charge in [0.05, 0.1) is 17.7 Å². The molecule has 7 nitrogen and oxygen atoms in total. The van der Waals surface area contributed by atoms with Crippen LogP contribution in [0.4, 0.5) is 10.5 Å². The molecule has 1 fully saturated rings. The number of ether oxygens (including phenoxy) is 2. The highest BCUT2D eigenvalue weighted by Crippen LogP contribution is 2.39. The Hall–Kier alpha value is -2.78. The quantitative estimate of drug-likeness (QED) is 0.609. The summed E-state index contributed by atoms with van der Waals surface area (Å²) in [5, 5.41) is 8.59. The van der Waals surface area contributed by atoms with Crippen molar-refractivity contribution in [3.05, 3.63) is 57.4 Å². The van der Waals surface area contributed by atoms with E-state index in [1.54, 1.807) is 48.5 Å². The number of carboxylic acids is 1. The number of carbonyl (C=O) groups excluding carboxylic acids is 2. The fourth-order valence-corrected chi connectivity index (χ4v) is 3.87. The van der Waals surface area contributed by atoms with Crippen LogP contribution in [-0.2, 0) is 9.59 Å². The van der Waals surface area contributed by atoms with Gasteiger partial charge in [-0.15, -0.1) is 0 Å².